The molecule has 7 nitrogen and oxygen atoms in total. The van der Waals surface area contributed by atoms with Crippen LogP contribution < -0.4 is 5.73 Å². The minimum absolute atomic E-state index is 0. The number of nitrogens with two attached hydrogens (primary N) is 1. The number of rotatable bonds is 5. The van der Waals surface area contributed by atoms with Gasteiger partial charge in [0, 0.05) is 50.3 Å². The van der Waals surface area contributed by atoms with E-state index >= 15 is 0 Å². The molecular weight excluding hydrogens is 481 g/mol. The Kier molecular flexibility index (Phi) is 7.42. The third-order valence-corrected chi connectivity index (χ3v) is 6.79. The first-order valence-corrected chi connectivity index (χ1v) is 11.4. The van der Waals surface area contributed by atoms with E-state index in [9.17, 15) is 18.0 Å². The number of halogens is 4. The molecule has 3 aromatic rings. The first-order valence-electron chi connectivity index (χ1n) is 11.4. The summed E-state index contributed by atoms with van der Waals surface area (Å²) in [6, 6.07) is 6.48. The molecule has 0 aliphatic carbocycles. The van der Waals surface area contributed by atoms with Crippen LogP contribution in [0.5, 0.6) is 0 Å². The van der Waals surface area contributed by atoms with Crippen molar-refractivity contribution in [2.45, 2.75) is 44.2 Å². The number of nitrogens with zero attached hydrogens (tertiary/aromatic N) is 5. The summed E-state index contributed by atoms with van der Waals surface area (Å²) < 4.78 is 42.7. The maximum Gasteiger partial charge on any atom is 0.224 e. The van der Waals surface area contributed by atoms with Crippen LogP contribution in [-0.2, 0) is 17.6 Å². The quantitative estimate of drug-likeness (QED) is 0.535. The van der Waals surface area contributed by atoms with Gasteiger partial charge in [0.25, 0.3) is 0 Å². The van der Waals surface area contributed by atoms with E-state index in [1.54, 1.807) is 11.1 Å². The lowest BCUT2D eigenvalue weighted by atomic mass is 9.84. The van der Waals surface area contributed by atoms with Gasteiger partial charge in [0.15, 0.2) is 17.5 Å². The molecule has 0 spiro atoms. The minimum atomic E-state index is -1.25. The molecule has 3 atom stereocenters. The van der Waals surface area contributed by atoms with Crippen molar-refractivity contribution in [3.63, 3.8) is 0 Å². The van der Waals surface area contributed by atoms with Crippen molar-refractivity contribution >= 4 is 18.3 Å². The number of carbonyl (C=O) groups excluding carboxylic acids is 1. The Labute approximate surface area is 207 Å². The summed E-state index contributed by atoms with van der Waals surface area (Å²) in [5, 5.41) is 8.76. The summed E-state index contributed by atoms with van der Waals surface area (Å²) >= 11 is 0. The SMILES string of the molecule is Cl.N[C@@H](CC(=O)N1CC[C@@H]2[C@@H](CCc3nnc(-c4ccccn4)n32)C1)Cc1cc(F)c(F)cc1F. The molecule has 1 amide bonds. The van der Waals surface area contributed by atoms with Crippen LogP contribution >= 0.6 is 12.4 Å². The van der Waals surface area contributed by atoms with E-state index in [2.05, 4.69) is 19.7 Å². The van der Waals surface area contributed by atoms with Gasteiger partial charge < -0.3 is 15.2 Å². The fourth-order valence-electron chi connectivity index (χ4n) is 5.12. The zero-order chi connectivity index (χ0) is 23.8. The summed E-state index contributed by atoms with van der Waals surface area (Å²) in [5.41, 5.74) is 6.82. The van der Waals surface area contributed by atoms with Gasteiger partial charge >= 0.3 is 0 Å². The van der Waals surface area contributed by atoms with Crippen LogP contribution in [0.1, 0.15) is 36.7 Å². The lowest BCUT2D eigenvalue weighted by Crippen LogP contribution is -2.47. The smallest absolute Gasteiger partial charge is 0.224 e. The van der Waals surface area contributed by atoms with Gasteiger partial charge in [-0.05, 0) is 48.9 Å². The van der Waals surface area contributed by atoms with Crippen molar-refractivity contribution in [3.05, 3.63) is 65.4 Å². The molecule has 1 aromatic carbocycles. The molecule has 2 aliphatic heterocycles. The number of pyridine rings is 1. The predicted octanol–water partition coefficient (Wildman–Crippen LogP) is 3.48. The Balaban J connectivity index is 0.00000289. The lowest BCUT2D eigenvalue weighted by molar-refractivity contribution is -0.134. The molecule has 0 radical (unpaired) electrons. The van der Waals surface area contributed by atoms with Crippen molar-refractivity contribution in [1.82, 2.24) is 24.6 Å². The summed E-state index contributed by atoms with van der Waals surface area (Å²) in [6.07, 6.45) is 4.13. The summed E-state index contributed by atoms with van der Waals surface area (Å²) in [5.74, 6) is -1.41. The molecule has 1 saturated heterocycles. The number of carbonyl (C=O) groups is 1. The lowest BCUT2D eigenvalue weighted by Gasteiger charge is -2.42. The molecule has 186 valence electrons. The summed E-state index contributed by atoms with van der Waals surface area (Å²) in [7, 11) is 0. The highest BCUT2D eigenvalue weighted by molar-refractivity contribution is 5.85. The minimum Gasteiger partial charge on any atom is -0.342 e. The highest BCUT2D eigenvalue weighted by atomic mass is 35.5. The molecular formula is C24H26ClF3N6O. The van der Waals surface area contributed by atoms with E-state index in [1.807, 2.05) is 18.2 Å². The number of fused-ring (bicyclic) bond motifs is 3. The third kappa shape index (κ3) is 5.04. The molecule has 0 saturated carbocycles. The van der Waals surface area contributed by atoms with Crippen LogP contribution in [0.2, 0.25) is 0 Å². The Bertz CT molecular complexity index is 1210. The standard InChI is InChI=1S/C24H25F3N6O.ClH/c25-17-12-19(27)18(26)10-15(17)9-16(28)11-23(34)32-8-6-21-14(13-32)4-5-22-30-31-24(33(21)22)20-3-1-2-7-29-20;/h1-3,7,10,12,14,16,21H,4-6,8-9,11,13,28H2;1H/t14-,16+,21+;/m0./s1. The summed E-state index contributed by atoms with van der Waals surface area (Å²) in [4.78, 5) is 19.2. The van der Waals surface area contributed by atoms with Crippen LogP contribution in [0.3, 0.4) is 0 Å². The number of amides is 1. The van der Waals surface area contributed by atoms with E-state index in [1.165, 1.54) is 0 Å². The largest absolute Gasteiger partial charge is 0.342 e. The Morgan fingerprint density at radius 2 is 1.91 bits per heavy atom. The predicted molar refractivity (Wildman–Crippen MR) is 125 cm³/mol. The monoisotopic (exact) mass is 506 g/mol. The maximum atomic E-state index is 13.9. The number of hydrogen-bond donors (Lipinski definition) is 1. The van der Waals surface area contributed by atoms with E-state index in [-0.39, 0.29) is 48.7 Å². The average molecular weight is 507 g/mol. The molecule has 5 rings (SSSR count). The zero-order valence-corrected chi connectivity index (χ0v) is 19.7. The first kappa shape index (κ1) is 25.1. The van der Waals surface area contributed by atoms with Crippen LogP contribution in [-0.4, -0.2) is 49.7 Å². The third-order valence-electron chi connectivity index (χ3n) is 6.79. The molecule has 2 N–H and O–H groups in total. The van der Waals surface area contributed by atoms with E-state index in [0.717, 1.165) is 42.7 Å². The average Bonchev–Trinajstić information content (AvgIpc) is 3.27. The molecule has 2 aliphatic rings. The van der Waals surface area contributed by atoms with Gasteiger partial charge in [-0.15, -0.1) is 22.6 Å². The Hall–Kier alpha value is -2.98. The fraction of sp³-hybridized carbons (Fsp3) is 0.417. The second kappa shape index (κ2) is 10.3. The van der Waals surface area contributed by atoms with Gasteiger partial charge in [-0.1, -0.05) is 6.07 Å². The van der Waals surface area contributed by atoms with Crippen molar-refractivity contribution in [2.24, 2.45) is 11.7 Å². The zero-order valence-electron chi connectivity index (χ0n) is 18.9. The van der Waals surface area contributed by atoms with Crippen LogP contribution in [0, 0.1) is 23.4 Å². The second-order valence-corrected chi connectivity index (χ2v) is 9.05. The van der Waals surface area contributed by atoms with Crippen molar-refractivity contribution < 1.29 is 18.0 Å². The topological polar surface area (TPSA) is 89.9 Å². The van der Waals surface area contributed by atoms with Crippen LogP contribution in [0.15, 0.2) is 36.5 Å². The van der Waals surface area contributed by atoms with E-state index in [0.29, 0.717) is 19.2 Å². The van der Waals surface area contributed by atoms with Gasteiger partial charge in [-0.3, -0.25) is 9.78 Å². The normalized spacial score (nSPS) is 19.9. The number of hydrogen-bond acceptors (Lipinski definition) is 5. The number of benzene rings is 1. The molecule has 4 heterocycles. The Morgan fingerprint density at radius 3 is 2.69 bits per heavy atom. The van der Waals surface area contributed by atoms with Crippen LogP contribution in [0.25, 0.3) is 11.5 Å². The second-order valence-electron chi connectivity index (χ2n) is 9.05. The molecule has 1 fully saturated rings. The number of aryl methyl sites for hydroxylation is 1. The molecule has 0 bridgehead atoms. The molecule has 11 heteroatoms. The van der Waals surface area contributed by atoms with Gasteiger partial charge in [-0.25, -0.2) is 13.2 Å². The van der Waals surface area contributed by atoms with Crippen molar-refractivity contribution in [3.8, 4) is 11.5 Å². The molecule has 0 unspecified atom stereocenters. The number of piperidine rings is 1. The Morgan fingerprint density at radius 1 is 1.11 bits per heavy atom. The fourth-order valence-corrected chi connectivity index (χ4v) is 5.12. The van der Waals surface area contributed by atoms with E-state index in [4.69, 9.17) is 5.73 Å². The van der Waals surface area contributed by atoms with Crippen molar-refractivity contribution in [2.75, 3.05) is 13.1 Å². The van der Waals surface area contributed by atoms with Gasteiger partial charge in [0.2, 0.25) is 5.91 Å². The molecule has 35 heavy (non-hydrogen) atoms. The highest BCUT2D eigenvalue weighted by Gasteiger charge is 2.38. The van der Waals surface area contributed by atoms with Crippen LogP contribution in [0.4, 0.5) is 13.2 Å². The summed E-state index contributed by atoms with van der Waals surface area (Å²) in [6.45, 7) is 1.15. The maximum absolute atomic E-state index is 13.9. The number of likely N-dealkylation sites (tertiary alicyclic amines) is 1. The van der Waals surface area contributed by atoms with Gasteiger partial charge in [0.05, 0.1) is 0 Å². The number of aromatic nitrogens is 4. The van der Waals surface area contributed by atoms with Crippen molar-refractivity contribution in [1.29, 1.82) is 0 Å². The first-order chi connectivity index (χ1) is 16.4. The highest BCUT2D eigenvalue weighted by Crippen LogP contribution is 2.39. The van der Waals surface area contributed by atoms with Gasteiger partial charge in [-0.2, -0.15) is 0 Å². The van der Waals surface area contributed by atoms with Gasteiger partial charge in [0.1, 0.15) is 17.3 Å². The van der Waals surface area contributed by atoms with E-state index < -0.39 is 23.5 Å². The molecule has 2 aromatic heterocycles.